The van der Waals surface area contributed by atoms with Crippen molar-refractivity contribution in [3.05, 3.63) is 59.7 Å². The summed E-state index contributed by atoms with van der Waals surface area (Å²) in [6.45, 7) is 1.70. The minimum atomic E-state index is -0.219. The topological polar surface area (TPSA) is 74.6 Å². The Balaban J connectivity index is 1.75. The summed E-state index contributed by atoms with van der Waals surface area (Å²) in [5, 5.41) is 11.9. The fraction of sp³-hybridized carbons (Fsp3) is 0.333. The van der Waals surface area contributed by atoms with E-state index in [2.05, 4.69) is 11.4 Å². The van der Waals surface area contributed by atoms with Gasteiger partial charge in [-0.25, -0.2) is 4.79 Å². The van der Waals surface area contributed by atoms with Crippen LogP contribution in [-0.2, 0) is 11.3 Å². The van der Waals surface area contributed by atoms with Crippen LogP contribution < -0.4 is 10.1 Å². The first-order valence-electron chi connectivity index (χ1n) is 8.98. The largest absolute Gasteiger partial charge is 0.497 e. The molecular weight excluding hydrogens is 342 g/mol. The van der Waals surface area contributed by atoms with Crippen LogP contribution in [0.3, 0.4) is 0 Å². The predicted molar refractivity (Wildman–Crippen MR) is 103 cm³/mol. The smallest absolute Gasteiger partial charge is 0.322 e. The van der Waals surface area contributed by atoms with Crippen molar-refractivity contribution in [2.75, 3.05) is 25.6 Å². The van der Waals surface area contributed by atoms with Crippen LogP contribution in [-0.4, -0.2) is 37.3 Å². The number of nitrogens with zero attached hydrogens (tertiary/aromatic N) is 2. The van der Waals surface area contributed by atoms with Crippen LogP contribution in [0, 0.1) is 11.3 Å². The van der Waals surface area contributed by atoms with Crippen molar-refractivity contribution in [1.82, 2.24) is 4.90 Å². The molecule has 2 aromatic rings. The Labute approximate surface area is 159 Å². The third-order valence-corrected chi connectivity index (χ3v) is 4.49. The van der Waals surface area contributed by atoms with Crippen LogP contribution in [0.4, 0.5) is 10.5 Å². The molecule has 140 valence electrons. The number of hydrogen-bond donors (Lipinski definition) is 1. The zero-order valence-corrected chi connectivity index (χ0v) is 15.4. The van der Waals surface area contributed by atoms with Crippen LogP contribution in [0.15, 0.2) is 48.5 Å². The molecule has 2 aromatic carbocycles. The number of carbonyl (C=O) groups excluding carboxylic acids is 1. The number of urea groups is 1. The highest BCUT2D eigenvalue weighted by Crippen LogP contribution is 2.19. The quantitative estimate of drug-likeness (QED) is 0.845. The monoisotopic (exact) mass is 365 g/mol. The van der Waals surface area contributed by atoms with Crippen molar-refractivity contribution < 1.29 is 14.3 Å². The van der Waals surface area contributed by atoms with E-state index in [1.807, 2.05) is 24.3 Å². The van der Waals surface area contributed by atoms with Gasteiger partial charge in [0.15, 0.2) is 0 Å². The summed E-state index contributed by atoms with van der Waals surface area (Å²) >= 11 is 0. The van der Waals surface area contributed by atoms with Gasteiger partial charge in [-0.3, -0.25) is 0 Å². The second-order valence-electron chi connectivity index (χ2n) is 6.49. The lowest BCUT2D eigenvalue weighted by Crippen LogP contribution is -2.39. The Morgan fingerprint density at radius 3 is 2.93 bits per heavy atom. The molecule has 1 aliphatic rings. The molecule has 0 saturated carbocycles. The molecule has 0 bridgehead atoms. The molecule has 0 spiro atoms. The van der Waals surface area contributed by atoms with Crippen LogP contribution in [0.25, 0.3) is 0 Å². The van der Waals surface area contributed by atoms with Gasteiger partial charge in [-0.15, -0.1) is 0 Å². The van der Waals surface area contributed by atoms with Gasteiger partial charge in [0.1, 0.15) is 5.75 Å². The Morgan fingerprint density at radius 1 is 1.33 bits per heavy atom. The van der Waals surface area contributed by atoms with Gasteiger partial charge in [0, 0.05) is 25.4 Å². The number of benzene rings is 2. The average Bonchev–Trinajstić information content (AvgIpc) is 3.21. The van der Waals surface area contributed by atoms with Crippen LogP contribution in [0.5, 0.6) is 5.75 Å². The summed E-state index contributed by atoms with van der Waals surface area (Å²) in [6.07, 6.45) is 2.02. The molecule has 1 fully saturated rings. The molecule has 2 amide bonds. The Morgan fingerprint density at radius 2 is 2.19 bits per heavy atom. The third-order valence-electron chi connectivity index (χ3n) is 4.49. The van der Waals surface area contributed by atoms with Gasteiger partial charge in [0.2, 0.25) is 0 Å². The number of nitrogens with one attached hydrogen (secondary N) is 1. The maximum absolute atomic E-state index is 12.9. The molecule has 1 N–H and O–H groups in total. The molecule has 0 aliphatic carbocycles. The SMILES string of the molecule is COc1cccc(CN(CC2CCCO2)C(=O)Nc2cccc(C#N)c2)c1. The summed E-state index contributed by atoms with van der Waals surface area (Å²) in [7, 11) is 1.62. The number of nitriles is 1. The molecule has 1 atom stereocenters. The maximum atomic E-state index is 12.9. The van der Waals surface area contributed by atoms with Crippen molar-refractivity contribution in [2.24, 2.45) is 0 Å². The van der Waals surface area contributed by atoms with E-state index in [-0.39, 0.29) is 12.1 Å². The van der Waals surface area contributed by atoms with Crippen molar-refractivity contribution in [2.45, 2.75) is 25.5 Å². The summed E-state index contributed by atoms with van der Waals surface area (Å²) in [6, 6.07) is 16.4. The van der Waals surface area contributed by atoms with Crippen molar-refractivity contribution in [3.63, 3.8) is 0 Å². The van der Waals surface area contributed by atoms with E-state index >= 15 is 0 Å². The van der Waals surface area contributed by atoms with Crippen molar-refractivity contribution >= 4 is 11.7 Å². The third kappa shape index (κ3) is 5.22. The highest BCUT2D eigenvalue weighted by atomic mass is 16.5. The number of hydrogen-bond acceptors (Lipinski definition) is 4. The molecule has 1 saturated heterocycles. The summed E-state index contributed by atoms with van der Waals surface area (Å²) in [4.78, 5) is 14.6. The second kappa shape index (κ2) is 9.06. The lowest BCUT2D eigenvalue weighted by molar-refractivity contribution is 0.0819. The number of carbonyl (C=O) groups is 1. The van der Waals surface area contributed by atoms with Gasteiger partial charge >= 0.3 is 6.03 Å². The first kappa shape index (κ1) is 18.7. The Hall–Kier alpha value is -3.04. The van der Waals surface area contributed by atoms with Crippen LogP contribution >= 0.6 is 0 Å². The lowest BCUT2D eigenvalue weighted by atomic mass is 10.1. The highest BCUT2D eigenvalue weighted by molar-refractivity contribution is 5.89. The fourth-order valence-electron chi connectivity index (χ4n) is 3.11. The highest BCUT2D eigenvalue weighted by Gasteiger charge is 2.23. The number of ether oxygens (including phenoxy) is 2. The number of anilines is 1. The molecule has 0 radical (unpaired) electrons. The molecule has 1 heterocycles. The van der Waals surface area contributed by atoms with E-state index in [1.54, 1.807) is 36.3 Å². The van der Waals surface area contributed by atoms with Gasteiger partial charge < -0.3 is 19.7 Å². The average molecular weight is 365 g/mol. The normalized spacial score (nSPS) is 15.8. The van der Waals surface area contributed by atoms with Gasteiger partial charge in [0.25, 0.3) is 0 Å². The van der Waals surface area contributed by atoms with Gasteiger partial charge in [-0.1, -0.05) is 18.2 Å². The summed E-state index contributed by atoms with van der Waals surface area (Å²) < 4.78 is 11.0. The summed E-state index contributed by atoms with van der Waals surface area (Å²) in [5.74, 6) is 0.756. The first-order valence-corrected chi connectivity index (χ1v) is 8.98. The molecular formula is C21H23N3O3. The zero-order valence-electron chi connectivity index (χ0n) is 15.4. The molecule has 6 nitrogen and oxygen atoms in total. The molecule has 27 heavy (non-hydrogen) atoms. The van der Waals surface area contributed by atoms with Crippen molar-refractivity contribution in [3.8, 4) is 11.8 Å². The van der Waals surface area contributed by atoms with E-state index < -0.39 is 0 Å². The van der Waals surface area contributed by atoms with E-state index in [9.17, 15) is 4.79 Å². The lowest BCUT2D eigenvalue weighted by Gasteiger charge is -2.26. The van der Waals surface area contributed by atoms with Gasteiger partial charge in [-0.05, 0) is 48.7 Å². The van der Waals surface area contributed by atoms with Crippen LogP contribution in [0.1, 0.15) is 24.0 Å². The number of methoxy groups -OCH3 is 1. The number of rotatable bonds is 6. The van der Waals surface area contributed by atoms with Gasteiger partial charge in [-0.2, -0.15) is 5.26 Å². The summed E-state index contributed by atoms with van der Waals surface area (Å²) in [5.41, 5.74) is 2.08. The van der Waals surface area contributed by atoms with Crippen molar-refractivity contribution in [1.29, 1.82) is 5.26 Å². The standard InChI is InChI=1S/C21H23N3O3/c1-26-19-8-3-6-17(12-19)14-24(15-20-9-4-10-27-20)21(25)23-18-7-2-5-16(11-18)13-22/h2-3,5-8,11-12,20H,4,9-10,14-15H2,1H3,(H,23,25). The molecule has 1 unspecified atom stereocenters. The Kier molecular flexibility index (Phi) is 6.29. The van der Waals surface area contributed by atoms with E-state index in [4.69, 9.17) is 14.7 Å². The molecule has 3 rings (SSSR count). The maximum Gasteiger partial charge on any atom is 0.322 e. The van der Waals surface area contributed by atoms with E-state index in [0.717, 1.165) is 30.8 Å². The predicted octanol–water partition coefficient (Wildman–Crippen LogP) is 3.78. The minimum absolute atomic E-state index is 0.0480. The molecule has 0 aromatic heterocycles. The first-order chi connectivity index (χ1) is 13.2. The fourth-order valence-corrected chi connectivity index (χ4v) is 3.11. The molecule has 1 aliphatic heterocycles. The van der Waals surface area contributed by atoms with E-state index in [0.29, 0.717) is 24.3 Å². The second-order valence-corrected chi connectivity index (χ2v) is 6.49. The minimum Gasteiger partial charge on any atom is -0.497 e. The molecule has 6 heteroatoms. The zero-order chi connectivity index (χ0) is 19.1. The van der Waals surface area contributed by atoms with E-state index in [1.165, 1.54) is 0 Å². The van der Waals surface area contributed by atoms with Crippen LogP contribution in [0.2, 0.25) is 0 Å². The Bertz CT molecular complexity index is 825. The van der Waals surface area contributed by atoms with Gasteiger partial charge in [0.05, 0.1) is 24.8 Å². The number of amides is 2.